The average Bonchev–Trinajstić information content (AvgIpc) is 2.81. The standard InChI is InChI=1S/C15H21N3O/c1-3-8-17-14(19)11-18-9-7-12-5-4-6-13(10-16-2)15(12)18/h4-7,9,16H,3,8,10-11H2,1-2H3,(H,17,19). The Morgan fingerprint density at radius 1 is 1.32 bits per heavy atom. The molecule has 0 spiro atoms. The molecule has 4 nitrogen and oxygen atoms in total. The number of para-hydroxylation sites is 1. The predicted molar refractivity (Wildman–Crippen MR) is 78.0 cm³/mol. The predicted octanol–water partition coefficient (Wildman–Crippen LogP) is 1.89. The molecule has 19 heavy (non-hydrogen) atoms. The number of nitrogens with one attached hydrogen (secondary N) is 2. The summed E-state index contributed by atoms with van der Waals surface area (Å²) in [7, 11) is 1.93. The highest BCUT2D eigenvalue weighted by molar-refractivity contribution is 5.85. The van der Waals surface area contributed by atoms with Crippen LogP contribution in [0.25, 0.3) is 10.9 Å². The lowest BCUT2D eigenvalue weighted by molar-refractivity contribution is -0.121. The Hall–Kier alpha value is -1.81. The van der Waals surface area contributed by atoms with E-state index < -0.39 is 0 Å². The van der Waals surface area contributed by atoms with Crippen molar-refractivity contribution in [2.45, 2.75) is 26.4 Å². The van der Waals surface area contributed by atoms with E-state index >= 15 is 0 Å². The van der Waals surface area contributed by atoms with Gasteiger partial charge in [-0.25, -0.2) is 0 Å². The zero-order valence-corrected chi connectivity index (χ0v) is 11.6. The second kappa shape index (κ2) is 6.38. The van der Waals surface area contributed by atoms with E-state index in [0.717, 1.165) is 25.0 Å². The number of benzene rings is 1. The maximum Gasteiger partial charge on any atom is 0.239 e. The second-order valence-corrected chi connectivity index (χ2v) is 4.68. The van der Waals surface area contributed by atoms with Crippen LogP contribution in [-0.4, -0.2) is 24.1 Å². The van der Waals surface area contributed by atoms with Gasteiger partial charge in [0.2, 0.25) is 5.91 Å². The normalized spacial score (nSPS) is 10.8. The zero-order chi connectivity index (χ0) is 13.7. The summed E-state index contributed by atoms with van der Waals surface area (Å²) < 4.78 is 2.02. The van der Waals surface area contributed by atoms with E-state index in [9.17, 15) is 4.79 Å². The van der Waals surface area contributed by atoms with Gasteiger partial charge in [0, 0.05) is 19.3 Å². The fraction of sp³-hybridized carbons (Fsp3) is 0.400. The van der Waals surface area contributed by atoms with Crippen molar-refractivity contribution in [2.75, 3.05) is 13.6 Å². The van der Waals surface area contributed by atoms with Gasteiger partial charge in [0.15, 0.2) is 0 Å². The van der Waals surface area contributed by atoms with Crippen LogP contribution < -0.4 is 10.6 Å². The van der Waals surface area contributed by atoms with Gasteiger partial charge in [-0.15, -0.1) is 0 Å². The van der Waals surface area contributed by atoms with Gasteiger partial charge in [-0.1, -0.05) is 25.1 Å². The Kier molecular flexibility index (Phi) is 4.58. The molecule has 0 atom stereocenters. The molecule has 0 aliphatic carbocycles. The molecule has 0 aliphatic rings. The Bertz CT molecular complexity index is 560. The lowest BCUT2D eigenvalue weighted by Gasteiger charge is -2.10. The lowest BCUT2D eigenvalue weighted by Crippen LogP contribution is -2.28. The number of rotatable bonds is 6. The SMILES string of the molecule is CCCNC(=O)Cn1ccc2cccc(CNC)c21. The topological polar surface area (TPSA) is 46.1 Å². The van der Waals surface area contributed by atoms with Gasteiger partial charge < -0.3 is 15.2 Å². The first-order chi connectivity index (χ1) is 9.26. The van der Waals surface area contributed by atoms with Crippen molar-refractivity contribution in [1.29, 1.82) is 0 Å². The quantitative estimate of drug-likeness (QED) is 0.832. The van der Waals surface area contributed by atoms with Crippen LogP contribution in [0.1, 0.15) is 18.9 Å². The van der Waals surface area contributed by atoms with E-state index in [4.69, 9.17) is 0 Å². The molecule has 4 heteroatoms. The molecule has 1 amide bonds. The monoisotopic (exact) mass is 259 g/mol. The maximum atomic E-state index is 11.8. The third-order valence-electron chi connectivity index (χ3n) is 3.13. The van der Waals surface area contributed by atoms with E-state index in [2.05, 4.69) is 41.8 Å². The lowest BCUT2D eigenvalue weighted by atomic mass is 10.1. The van der Waals surface area contributed by atoms with Crippen molar-refractivity contribution in [3.63, 3.8) is 0 Å². The first kappa shape index (κ1) is 13.6. The molecule has 0 unspecified atom stereocenters. The van der Waals surface area contributed by atoms with E-state index in [1.165, 1.54) is 10.9 Å². The molecule has 2 aromatic rings. The van der Waals surface area contributed by atoms with Crippen LogP contribution in [0.5, 0.6) is 0 Å². The highest BCUT2D eigenvalue weighted by atomic mass is 16.1. The molecule has 0 aliphatic heterocycles. The molecule has 1 heterocycles. The average molecular weight is 259 g/mol. The van der Waals surface area contributed by atoms with Crippen molar-refractivity contribution in [1.82, 2.24) is 15.2 Å². The molecule has 0 fully saturated rings. The van der Waals surface area contributed by atoms with E-state index in [1.807, 2.05) is 17.8 Å². The summed E-state index contributed by atoms with van der Waals surface area (Å²) in [6, 6.07) is 8.28. The molecule has 1 aromatic heterocycles. The van der Waals surface area contributed by atoms with Crippen molar-refractivity contribution in [3.05, 3.63) is 36.0 Å². The summed E-state index contributed by atoms with van der Waals surface area (Å²) in [5, 5.41) is 7.26. The van der Waals surface area contributed by atoms with Gasteiger partial charge in [-0.3, -0.25) is 4.79 Å². The Balaban J connectivity index is 2.25. The van der Waals surface area contributed by atoms with Gasteiger partial charge in [0.1, 0.15) is 6.54 Å². The molecular weight excluding hydrogens is 238 g/mol. The molecule has 2 rings (SSSR count). The fourth-order valence-corrected chi connectivity index (χ4v) is 2.28. The Morgan fingerprint density at radius 2 is 2.16 bits per heavy atom. The summed E-state index contributed by atoms with van der Waals surface area (Å²) in [6.07, 6.45) is 2.94. The van der Waals surface area contributed by atoms with Crippen molar-refractivity contribution in [3.8, 4) is 0 Å². The summed E-state index contributed by atoms with van der Waals surface area (Å²) in [5.74, 6) is 0.0682. The van der Waals surface area contributed by atoms with Crippen molar-refractivity contribution in [2.24, 2.45) is 0 Å². The summed E-state index contributed by atoms with van der Waals surface area (Å²) in [6.45, 7) is 3.97. The van der Waals surface area contributed by atoms with Crippen LogP contribution in [0.3, 0.4) is 0 Å². The van der Waals surface area contributed by atoms with E-state index in [0.29, 0.717) is 6.54 Å². The third-order valence-corrected chi connectivity index (χ3v) is 3.13. The molecule has 2 N–H and O–H groups in total. The highest BCUT2D eigenvalue weighted by Crippen LogP contribution is 2.20. The van der Waals surface area contributed by atoms with Crippen LogP contribution in [-0.2, 0) is 17.9 Å². The first-order valence-electron chi connectivity index (χ1n) is 6.74. The van der Waals surface area contributed by atoms with Crippen LogP contribution >= 0.6 is 0 Å². The van der Waals surface area contributed by atoms with Crippen LogP contribution in [0, 0.1) is 0 Å². The smallest absolute Gasteiger partial charge is 0.239 e. The number of fused-ring (bicyclic) bond motifs is 1. The van der Waals surface area contributed by atoms with Crippen LogP contribution in [0.15, 0.2) is 30.5 Å². The van der Waals surface area contributed by atoms with E-state index in [-0.39, 0.29) is 5.91 Å². The van der Waals surface area contributed by atoms with Gasteiger partial charge in [0.05, 0.1) is 5.52 Å². The second-order valence-electron chi connectivity index (χ2n) is 4.68. The van der Waals surface area contributed by atoms with E-state index in [1.54, 1.807) is 0 Å². The molecule has 0 bridgehead atoms. The highest BCUT2D eigenvalue weighted by Gasteiger charge is 2.08. The fourth-order valence-electron chi connectivity index (χ4n) is 2.28. The summed E-state index contributed by atoms with van der Waals surface area (Å²) in [4.78, 5) is 11.8. The Morgan fingerprint density at radius 3 is 2.89 bits per heavy atom. The number of aromatic nitrogens is 1. The maximum absolute atomic E-state index is 11.8. The number of carbonyl (C=O) groups excluding carboxylic acids is 1. The first-order valence-corrected chi connectivity index (χ1v) is 6.74. The molecule has 1 aromatic carbocycles. The summed E-state index contributed by atoms with van der Waals surface area (Å²) in [5.41, 5.74) is 2.36. The number of hydrogen-bond donors (Lipinski definition) is 2. The largest absolute Gasteiger partial charge is 0.355 e. The number of amides is 1. The van der Waals surface area contributed by atoms with Crippen molar-refractivity contribution < 1.29 is 4.79 Å². The third kappa shape index (κ3) is 3.15. The van der Waals surface area contributed by atoms with Crippen LogP contribution in [0.2, 0.25) is 0 Å². The van der Waals surface area contributed by atoms with Gasteiger partial charge >= 0.3 is 0 Å². The molecular formula is C15H21N3O. The van der Waals surface area contributed by atoms with Gasteiger partial charge in [0.25, 0.3) is 0 Å². The minimum absolute atomic E-state index is 0.0682. The molecule has 0 saturated heterocycles. The minimum Gasteiger partial charge on any atom is -0.355 e. The summed E-state index contributed by atoms with van der Waals surface area (Å²) >= 11 is 0. The number of nitrogens with zero attached hydrogens (tertiary/aromatic N) is 1. The molecule has 0 radical (unpaired) electrons. The van der Waals surface area contributed by atoms with Crippen molar-refractivity contribution >= 4 is 16.8 Å². The molecule has 0 saturated carbocycles. The van der Waals surface area contributed by atoms with Crippen LogP contribution in [0.4, 0.5) is 0 Å². The van der Waals surface area contributed by atoms with Gasteiger partial charge in [-0.2, -0.15) is 0 Å². The number of hydrogen-bond acceptors (Lipinski definition) is 2. The van der Waals surface area contributed by atoms with Gasteiger partial charge in [-0.05, 0) is 30.5 Å². The Labute approximate surface area is 113 Å². The number of carbonyl (C=O) groups is 1. The zero-order valence-electron chi connectivity index (χ0n) is 11.6. The minimum atomic E-state index is 0.0682. The molecule has 102 valence electrons.